The Morgan fingerprint density at radius 2 is 1.55 bits per heavy atom. The van der Waals surface area contributed by atoms with Crippen molar-refractivity contribution in [3.63, 3.8) is 0 Å². The Bertz CT molecular complexity index is 887. The average molecular weight is 417 g/mol. The van der Waals surface area contributed by atoms with E-state index >= 15 is 0 Å². The summed E-state index contributed by atoms with van der Waals surface area (Å²) in [5.74, 6) is -3.25. The van der Waals surface area contributed by atoms with Crippen LogP contribution in [0.15, 0.2) is 48.5 Å². The number of halogens is 1. The van der Waals surface area contributed by atoms with Crippen LogP contribution in [0.2, 0.25) is 0 Å². The molecule has 2 aromatic rings. The van der Waals surface area contributed by atoms with Crippen LogP contribution in [0.5, 0.6) is 0 Å². The first kappa shape index (κ1) is 23.0. The van der Waals surface area contributed by atoms with Gasteiger partial charge >= 0.3 is 11.9 Å². The van der Waals surface area contributed by atoms with E-state index in [4.69, 9.17) is 4.74 Å². The molecule has 0 amide bonds. The highest BCUT2D eigenvalue weighted by molar-refractivity contribution is 6.00. The van der Waals surface area contributed by atoms with Crippen molar-refractivity contribution in [3.05, 3.63) is 70.8 Å². The highest BCUT2D eigenvalue weighted by Gasteiger charge is 2.39. The van der Waals surface area contributed by atoms with Crippen molar-refractivity contribution in [3.8, 4) is 0 Å². The van der Waals surface area contributed by atoms with Gasteiger partial charge in [-0.3, -0.25) is 9.59 Å². The first-order valence-corrected chi connectivity index (χ1v) is 9.70. The normalized spacial score (nSPS) is 17.4. The molecule has 0 spiro atoms. The molecule has 3 rings (SSSR count). The summed E-state index contributed by atoms with van der Waals surface area (Å²) < 4.78 is 5.32. The van der Waals surface area contributed by atoms with Crippen LogP contribution in [0.25, 0.3) is 0 Å². The highest BCUT2D eigenvalue weighted by Crippen LogP contribution is 2.46. The van der Waals surface area contributed by atoms with Gasteiger partial charge in [0.25, 0.3) is 0 Å². The van der Waals surface area contributed by atoms with Crippen LogP contribution in [-0.4, -0.2) is 17.0 Å². The van der Waals surface area contributed by atoms with Gasteiger partial charge < -0.3 is 9.84 Å². The van der Waals surface area contributed by atoms with Crippen molar-refractivity contribution in [2.75, 3.05) is 0 Å². The van der Waals surface area contributed by atoms with E-state index in [2.05, 4.69) is 27.7 Å². The predicted molar refractivity (Wildman–Crippen MR) is 116 cm³/mol. The lowest BCUT2D eigenvalue weighted by atomic mass is 9.62. The van der Waals surface area contributed by atoms with Gasteiger partial charge in [0.05, 0.1) is 0 Å². The second kappa shape index (κ2) is 8.58. The molecule has 1 aliphatic rings. The quantitative estimate of drug-likeness (QED) is 0.525. The van der Waals surface area contributed by atoms with Crippen molar-refractivity contribution in [2.24, 2.45) is 0 Å². The molecule has 2 aromatic carbocycles. The summed E-state index contributed by atoms with van der Waals surface area (Å²) in [5.41, 5.74) is 3.65. The monoisotopic (exact) mass is 416 g/mol. The Morgan fingerprint density at radius 1 is 0.966 bits per heavy atom. The minimum Gasteiger partial charge on any atom is -0.480 e. The number of aliphatic carboxylic acids is 1. The number of ether oxygens (including phenoxy) is 1. The molecule has 0 bridgehead atoms. The number of fused-ring (bicyclic) bond motifs is 1. The molecule has 0 fully saturated rings. The Kier molecular flexibility index (Phi) is 6.79. The van der Waals surface area contributed by atoms with E-state index in [9.17, 15) is 14.7 Å². The van der Waals surface area contributed by atoms with Gasteiger partial charge in [0.15, 0.2) is 5.92 Å². The lowest BCUT2D eigenvalue weighted by Gasteiger charge is -2.42. The third-order valence-corrected chi connectivity index (χ3v) is 5.92. The molecule has 0 aliphatic heterocycles. The van der Waals surface area contributed by atoms with Crippen LogP contribution in [-0.2, 0) is 31.8 Å². The number of hydrogen-bond acceptors (Lipinski definition) is 3. The number of rotatable bonds is 5. The molecule has 0 radical (unpaired) electrons. The fourth-order valence-corrected chi connectivity index (χ4v) is 3.98. The minimum atomic E-state index is -1.32. The number of esters is 1. The zero-order chi connectivity index (χ0) is 20.5. The summed E-state index contributed by atoms with van der Waals surface area (Å²) >= 11 is 0. The van der Waals surface area contributed by atoms with Gasteiger partial charge in [0.1, 0.15) is 6.61 Å². The van der Waals surface area contributed by atoms with Crippen molar-refractivity contribution >= 4 is 24.3 Å². The lowest BCUT2D eigenvalue weighted by Crippen LogP contribution is -2.34. The summed E-state index contributed by atoms with van der Waals surface area (Å²) in [6.07, 6.45) is 2.10. The summed E-state index contributed by atoms with van der Waals surface area (Å²) in [4.78, 5) is 24.5. The molecule has 0 aromatic heterocycles. The summed E-state index contributed by atoms with van der Waals surface area (Å²) in [5, 5.41) is 9.73. The molecule has 5 heteroatoms. The first-order valence-electron chi connectivity index (χ1n) is 9.70. The van der Waals surface area contributed by atoms with Crippen LogP contribution in [0.3, 0.4) is 0 Å². The number of carboxylic acid groups (broad SMARTS) is 1. The maximum atomic E-state index is 12.6. The highest BCUT2D eigenvalue weighted by atomic mass is 35.5. The summed E-state index contributed by atoms with van der Waals surface area (Å²) in [7, 11) is 0. The van der Waals surface area contributed by atoms with E-state index in [0.717, 1.165) is 24.0 Å². The largest absolute Gasteiger partial charge is 0.480 e. The fraction of sp³-hybridized carbons (Fsp3) is 0.417. The van der Waals surface area contributed by atoms with Gasteiger partial charge in [-0.25, -0.2) is 0 Å². The fourth-order valence-electron chi connectivity index (χ4n) is 3.98. The van der Waals surface area contributed by atoms with E-state index in [1.807, 2.05) is 42.5 Å². The van der Waals surface area contributed by atoms with Gasteiger partial charge in [-0.05, 0) is 45.9 Å². The molecule has 0 saturated carbocycles. The second-order valence-electron chi connectivity index (χ2n) is 8.94. The van der Waals surface area contributed by atoms with Crippen LogP contribution in [0, 0.1) is 0 Å². The van der Waals surface area contributed by atoms with Crippen molar-refractivity contribution in [2.45, 2.75) is 63.9 Å². The Labute approximate surface area is 178 Å². The standard InChI is InChI=1S/C24H28O4.ClH/c1-23(2)12-13-24(3,4)19-14-17(10-11-18(19)23)20(21(25)26)22(27)28-15-16-8-6-5-7-9-16;/h5-11,14,20H,12-13,15H2,1-4H3,(H,25,26);1H. The lowest BCUT2D eigenvalue weighted by molar-refractivity contribution is -0.155. The van der Waals surface area contributed by atoms with Crippen molar-refractivity contribution in [1.29, 1.82) is 0 Å². The Balaban J connectivity index is 0.00000300. The van der Waals surface area contributed by atoms with Crippen molar-refractivity contribution in [1.82, 2.24) is 0 Å². The average Bonchev–Trinajstić information content (AvgIpc) is 2.65. The van der Waals surface area contributed by atoms with Crippen LogP contribution >= 0.6 is 12.4 Å². The van der Waals surface area contributed by atoms with Crippen LogP contribution in [0.4, 0.5) is 0 Å². The van der Waals surface area contributed by atoms with E-state index in [1.54, 1.807) is 6.07 Å². The topological polar surface area (TPSA) is 63.6 Å². The van der Waals surface area contributed by atoms with E-state index in [0.29, 0.717) is 5.56 Å². The molecular formula is C24H29ClO4. The number of hydrogen-bond donors (Lipinski definition) is 1. The van der Waals surface area contributed by atoms with Gasteiger partial charge in [0, 0.05) is 0 Å². The maximum Gasteiger partial charge on any atom is 0.325 e. The van der Waals surface area contributed by atoms with Gasteiger partial charge in [0.2, 0.25) is 0 Å². The molecule has 0 saturated heterocycles. The third-order valence-electron chi connectivity index (χ3n) is 5.92. The van der Waals surface area contributed by atoms with Crippen LogP contribution < -0.4 is 0 Å². The molecule has 29 heavy (non-hydrogen) atoms. The van der Waals surface area contributed by atoms with E-state index in [-0.39, 0.29) is 29.8 Å². The number of carboxylic acids is 1. The smallest absolute Gasteiger partial charge is 0.325 e. The molecule has 1 N–H and O–H groups in total. The zero-order valence-electron chi connectivity index (χ0n) is 17.4. The summed E-state index contributed by atoms with van der Waals surface area (Å²) in [6, 6.07) is 14.9. The molecule has 0 heterocycles. The zero-order valence-corrected chi connectivity index (χ0v) is 18.2. The molecule has 1 atom stereocenters. The summed E-state index contributed by atoms with van der Waals surface area (Å²) in [6.45, 7) is 8.84. The molecular weight excluding hydrogens is 388 g/mol. The molecule has 4 nitrogen and oxygen atoms in total. The van der Waals surface area contributed by atoms with Crippen LogP contribution in [0.1, 0.15) is 68.7 Å². The second-order valence-corrected chi connectivity index (χ2v) is 8.94. The van der Waals surface area contributed by atoms with Gasteiger partial charge in [-0.1, -0.05) is 76.2 Å². The van der Waals surface area contributed by atoms with E-state index in [1.165, 1.54) is 5.56 Å². The number of carbonyl (C=O) groups is 2. The number of carbonyl (C=O) groups excluding carboxylic acids is 1. The Morgan fingerprint density at radius 3 is 2.14 bits per heavy atom. The predicted octanol–water partition coefficient (Wildman–Crippen LogP) is 5.37. The van der Waals surface area contributed by atoms with E-state index < -0.39 is 17.9 Å². The Hall–Kier alpha value is -2.33. The molecule has 1 aliphatic carbocycles. The maximum absolute atomic E-state index is 12.6. The SMILES string of the molecule is CC1(C)CCC(C)(C)c2cc(C(C(=O)O)C(=O)OCc3ccccc3)ccc21.Cl. The molecule has 156 valence electrons. The van der Waals surface area contributed by atoms with Gasteiger partial charge in [-0.15, -0.1) is 12.4 Å². The van der Waals surface area contributed by atoms with Crippen molar-refractivity contribution < 1.29 is 19.4 Å². The third kappa shape index (κ3) is 4.81. The number of benzene rings is 2. The van der Waals surface area contributed by atoms with Gasteiger partial charge in [-0.2, -0.15) is 0 Å². The molecule has 1 unspecified atom stereocenters. The minimum absolute atomic E-state index is 0. The first-order chi connectivity index (χ1) is 13.1.